The molecular formula is C23H17N5O5S2. The highest BCUT2D eigenvalue weighted by Crippen LogP contribution is 2.34. The first-order valence-corrected chi connectivity index (χ1v) is 13.2. The Morgan fingerprint density at radius 3 is 2.80 bits per heavy atom. The molecular weight excluding hydrogens is 490 g/mol. The summed E-state index contributed by atoms with van der Waals surface area (Å²) in [6.45, 7) is 0.761. The van der Waals surface area contributed by atoms with Crippen molar-refractivity contribution >= 4 is 59.9 Å². The lowest BCUT2D eigenvalue weighted by Gasteiger charge is -2.19. The second-order valence-electron chi connectivity index (χ2n) is 8.08. The van der Waals surface area contributed by atoms with Gasteiger partial charge in [-0.05, 0) is 41.6 Å². The number of ether oxygens (including phenoxy) is 2. The molecule has 0 unspecified atom stereocenters. The van der Waals surface area contributed by atoms with Crippen LogP contribution in [-0.4, -0.2) is 52.3 Å². The zero-order valence-electron chi connectivity index (χ0n) is 18.3. The summed E-state index contributed by atoms with van der Waals surface area (Å²) in [6, 6.07) is 13.5. The second kappa shape index (κ2) is 7.82. The van der Waals surface area contributed by atoms with E-state index in [-0.39, 0.29) is 27.7 Å². The minimum absolute atomic E-state index is 0.0267. The molecule has 0 saturated carbocycles. The molecule has 176 valence electrons. The minimum atomic E-state index is -3.59. The number of nitrogens with one attached hydrogen (secondary N) is 1. The number of para-hydroxylation sites is 1. The molecule has 4 heterocycles. The number of hydrogen-bond donors (Lipinski definition) is 1. The third-order valence-electron chi connectivity index (χ3n) is 5.66. The van der Waals surface area contributed by atoms with Crippen molar-refractivity contribution in [3.8, 4) is 11.5 Å². The standard InChI is InChI=1S/C23H17N5O5S2/c1-35(30,31)23-26-28-20(24)16(21(29)25-22(28)34-23)9-14-11-27(17-5-3-2-4-15(14)17)10-13-6-7-18-19(8-13)33-12-32-18/h2-9,11,24H,10,12H2,1H3/b16-9+,24-20?. The highest BCUT2D eigenvalue weighted by atomic mass is 32.3. The topological polar surface area (TPSA) is 126 Å². The summed E-state index contributed by atoms with van der Waals surface area (Å²) < 4.78 is 36.5. The zero-order chi connectivity index (χ0) is 24.3. The van der Waals surface area contributed by atoms with Crippen molar-refractivity contribution in [2.75, 3.05) is 13.0 Å². The molecule has 1 aromatic heterocycles. The summed E-state index contributed by atoms with van der Waals surface area (Å²) in [7, 11) is -3.59. The van der Waals surface area contributed by atoms with E-state index >= 15 is 0 Å². The van der Waals surface area contributed by atoms with Crippen molar-refractivity contribution in [2.24, 2.45) is 10.1 Å². The lowest BCUT2D eigenvalue weighted by molar-refractivity contribution is -0.114. The highest BCUT2D eigenvalue weighted by Gasteiger charge is 2.38. The van der Waals surface area contributed by atoms with Crippen LogP contribution in [0, 0.1) is 5.41 Å². The van der Waals surface area contributed by atoms with Crippen LogP contribution in [0.5, 0.6) is 11.5 Å². The summed E-state index contributed by atoms with van der Waals surface area (Å²) in [5.41, 5.74) is 2.72. The molecule has 3 aromatic rings. The number of amidine groups is 2. The highest BCUT2D eigenvalue weighted by molar-refractivity contribution is 8.42. The van der Waals surface area contributed by atoms with Gasteiger partial charge in [-0.2, -0.15) is 10.0 Å². The fourth-order valence-corrected chi connectivity index (χ4v) is 5.72. The van der Waals surface area contributed by atoms with Gasteiger partial charge >= 0.3 is 0 Å². The third kappa shape index (κ3) is 3.70. The van der Waals surface area contributed by atoms with Gasteiger partial charge in [0.15, 0.2) is 17.3 Å². The van der Waals surface area contributed by atoms with Crippen molar-refractivity contribution in [2.45, 2.75) is 6.54 Å². The maximum Gasteiger partial charge on any atom is 0.283 e. The zero-order valence-corrected chi connectivity index (χ0v) is 19.9. The molecule has 1 amide bonds. The summed E-state index contributed by atoms with van der Waals surface area (Å²) >= 11 is 0.759. The number of aliphatic imine (C=N–C) groups is 1. The molecule has 12 heteroatoms. The Kier molecular flexibility index (Phi) is 4.83. The molecule has 35 heavy (non-hydrogen) atoms. The van der Waals surface area contributed by atoms with E-state index in [9.17, 15) is 13.2 Å². The van der Waals surface area contributed by atoms with Gasteiger partial charge in [0.05, 0.1) is 5.57 Å². The van der Waals surface area contributed by atoms with Gasteiger partial charge in [-0.1, -0.05) is 24.3 Å². The number of carbonyl (C=O) groups is 1. The van der Waals surface area contributed by atoms with Crippen LogP contribution < -0.4 is 9.47 Å². The molecule has 3 aliphatic heterocycles. The molecule has 0 radical (unpaired) electrons. The number of hydrogen-bond acceptors (Lipinski definition) is 8. The van der Waals surface area contributed by atoms with Crippen molar-refractivity contribution < 1.29 is 22.7 Å². The number of aromatic nitrogens is 1. The maximum atomic E-state index is 12.8. The summed E-state index contributed by atoms with van der Waals surface area (Å²) in [6.07, 6.45) is 4.53. The van der Waals surface area contributed by atoms with Crippen LogP contribution in [0.2, 0.25) is 0 Å². The number of hydrazone groups is 1. The molecule has 0 bridgehead atoms. The largest absolute Gasteiger partial charge is 0.454 e. The van der Waals surface area contributed by atoms with Crippen LogP contribution >= 0.6 is 11.8 Å². The fraction of sp³-hybridized carbons (Fsp3) is 0.130. The van der Waals surface area contributed by atoms with Crippen LogP contribution in [0.1, 0.15) is 11.1 Å². The van der Waals surface area contributed by atoms with Gasteiger partial charge in [0.2, 0.25) is 26.2 Å². The Labute approximate surface area is 204 Å². The summed E-state index contributed by atoms with van der Waals surface area (Å²) in [4.78, 5) is 16.8. The smallest absolute Gasteiger partial charge is 0.283 e. The number of thioether (sulfide) groups is 1. The number of carbonyl (C=O) groups excluding carboxylic acids is 1. The molecule has 6 rings (SSSR count). The molecule has 0 spiro atoms. The van der Waals surface area contributed by atoms with E-state index in [1.54, 1.807) is 6.08 Å². The fourth-order valence-electron chi connectivity index (χ4n) is 4.04. The van der Waals surface area contributed by atoms with Crippen LogP contribution in [-0.2, 0) is 21.2 Å². The van der Waals surface area contributed by atoms with Gasteiger partial charge in [0.1, 0.15) is 0 Å². The first-order chi connectivity index (χ1) is 16.8. The van der Waals surface area contributed by atoms with E-state index < -0.39 is 15.7 Å². The molecule has 0 fully saturated rings. The van der Waals surface area contributed by atoms with Crippen LogP contribution in [0.15, 0.2) is 64.3 Å². The van der Waals surface area contributed by atoms with Gasteiger partial charge in [-0.3, -0.25) is 10.2 Å². The van der Waals surface area contributed by atoms with Gasteiger partial charge in [-0.25, -0.2) is 8.42 Å². The molecule has 2 aromatic carbocycles. The van der Waals surface area contributed by atoms with E-state index in [0.29, 0.717) is 18.0 Å². The van der Waals surface area contributed by atoms with E-state index in [0.717, 1.165) is 45.1 Å². The molecule has 1 N–H and O–H groups in total. The van der Waals surface area contributed by atoms with E-state index in [1.165, 1.54) is 0 Å². The van der Waals surface area contributed by atoms with Crippen LogP contribution in [0.3, 0.4) is 0 Å². The average Bonchev–Trinajstić information content (AvgIpc) is 3.54. The van der Waals surface area contributed by atoms with Crippen molar-refractivity contribution in [1.29, 1.82) is 5.41 Å². The number of benzene rings is 2. The quantitative estimate of drug-likeness (QED) is 0.540. The predicted molar refractivity (Wildman–Crippen MR) is 133 cm³/mol. The number of fused-ring (bicyclic) bond motifs is 3. The third-order valence-corrected chi connectivity index (χ3v) is 8.24. The van der Waals surface area contributed by atoms with Crippen LogP contribution in [0.4, 0.5) is 0 Å². The van der Waals surface area contributed by atoms with Gasteiger partial charge < -0.3 is 14.0 Å². The SMILES string of the molecule is CS(=O)(=O)C1=NN2C(=N)/C(=C\c3cn(Cc4ccc5c(c4)OCO5)c4ccccc34)C(=O)N=C2S1. The number of rotatable bonds is 3. The normalized spacial score (nSPS) is 18.3. The lowest BCUT2D eigenvalue weighted by atomic mass is 10.1. The van der Waals surface area contributed by atoms with Gasteiger partial charge in [0.25, 0.3) is 5.91 Å². The molecule has 3 aliphatic rings. The Morgan fingerprint density at radius 1 is 1.17 bits per heavy atom. The first kappa shape index (κ1) is 21.6. The Bertz CT molecular complexity index is 1650. The summed E-state index contributed by atoms with van der Waals surface area (Å²) in [5, 5.41) is 14.5. The van der Waals surface area contributed by atoms with Crippen LogP contribution in [0.25, 0.3) is 17.0 Å². The Hall–Kier alpha value is -3.90. The molecule has 10 nitrogen and oxygen atoms in total. The number of amides is 1. The Morgan fingerprint density at radius 2 is 1.97 bits per heavy atom. The Balaban J connectivity index is 1.39. The first-order valence-electron chi connectivity index (χ1n) is 10.4. The van der Waals surface area contributed by atoms with E-state index in [4.69, 9.17) is 14.9 Å². The van der Waals surface area contributed by atoms with Crippen molar-refractivity contribution in [3.05, 3.63) is 65.4 Å². The minimum Gasteiger partial charge on any atom is -0.454 e. The average molecular weight is 508 g/mol. The molecule has 0 aliphatic carbocycles. The number of nitrogens with zero attached hydrogens (tertiary/aromatic N) is 4. The van der Waals surface area contributed by atoms with E-state index in [1.807, 2.05) is 48.7 Å². The lowest BCUT2D eigenvalue weighted by Crippen LogP contribution is -2.35. The second-order valence-corrected chi connectivity index (χ2v) is 11.2. The van der Waals surface area contributed by atoms with Crippen molar-refractivity contribution in [3.63, 3.8) is 0 Å². The number of sulfone groups is 1. The van der Waals surface area contributed by atoms with Crippen molar-refractivity contribution in [1.82, 2.24) is 9.58 Å². The van der Waals surface area contributed by atoms with E-state index in [2.05, 4.69) is 14.7 Å². The molecule has 0 saturated heterocycles. The monoisotopic (exact) mass is 507 g/mol. The summed E-state index contributed by atoms with van der Waals surface area (Å²) in [5.74, 6) is 0.575. The predicted octanol–water partition coefficient (Wildman–Crippen LogP) is 3.04. The van der Waals surface area contributed by atoms with Gasteiger partial charge in [-0.15, -0.1) is 5.10 Å². The van der Waals surface area contributed by atoms with Gasteiger partial charge in [0, 0.05) is 35.5 Å². The molecule has 0 atom stereocenters. The maximum absolute atomic E-state index is 12.8.